The maximum absolute atomic E-state index is 12.4. The smallest absolute Gasteiger partial charge is 0.288 e. The third-order valence-corrected chi connectivity index (χ3v) is 4.23. The van der Waals surface area contributed by atoms with E-state index in [0.29, 0.717) is 30.1 Å². The second-order valence-corrected chi connectivity index (χ2v) is 6.03. The van der Waals surface area contributed by atoms with E-state index in [1.165, 1.54) is 12.1 Å². The lowest BCUT2D eigenvalue weighted by molar-refractivity contribution is -0.384. The largest absolute Gasteiger partial charge is 0.383 e. The number of aromatic nitrogens is 3. The molecule has 0 saturated carbocycles. The van der Waals surface area contributed by atoms with Crippen LogP contribution >= 0.6 is 11.6 Å². The minimum absolute atomic E-state index is 0.0241. The number of halogens is 1. The number of pyridine rings is 1. The van der Waals surface area contributed by atoms with Gasteiger partial charge in [0, 0.05) is 31.5 Å². The van der Waals surface area contributed by atoms with Crippen LogP contribution in [0.5, 0.6) is 0 Å². The molecule has 1 amide bonds. The minimum Gasteiger partial charge on any atom is -0.383 e. The Morgan fingerprint density at radius 3 is 2.96 bits per heavy atom. The van der Waals surface area contributed by atoms with Crippen LogP contribution in [-0.4, -0.2) is 39.1 Å². The van der Waals surface area contributed by atoms with Crippen LogP contribution in [0, 0.1) is 10.1 Å². The summed E-state index contributed by atoms with van der Waals surface area (Å²) in [6.45, 7) is 1.13. The van der Waals surface area contributed by atoms with E-state index in [-0.39, 0.29) is 22.8 Å². The third kappa shape index (κ3) is 4.04. The molecule has 2 heterocycles. The van der Waals surface area contributed by atoms with Crippen LogP contribution in [0.4, 0.5) is 5.69 Å². The predicted octanol–water partition coefficient (Wildman–Crippen LogP) is 2.57. The van der Waals surface area contributed by atoms with Gasteiger partial charge in [0.05, 0.1) is 18.1 Å². The molecule has 0 saturated heterocycles. The number of imidazole rings is 1. The minimum atomic E-state index is -0.630. The number of ether oxygens (including phenoxy) is 1. The van der Waals surface area contributed by atoms with Crippen molar-refractivity contribution in [2.24, 2.45) is 0 Å². The Kier molecular flexibility index (Phi) is 5.63. The molecule has 0 aliphatic carbocycles. The predicted molar refractivity (Wildman–Crippen MR) is 98.7 cm³/mol. The number of amides is 1. The Labute approximate surface area is 159 Å². The highest BCUT2D eigenvalue weighted by Gasteiger charge is 2.17. The Bertz CT molecular complexity index is 1000. The SMILES string of the molecule is COCCn1c(CNC(=O)c2ccc(Cl)c([N+](=O)[O-])c2)nc2cccnc21. The molecular formula is C17H16ClN5O4. The molecule has 0 unspecified atom stereocenters. The van der Waals surface area contributed by atoms with E-state index in [1.54, 1.807) is 19.4 Å². The number of hydrogen-bond donors (Lipinski definition) is 1. The quantitative estimate of drug-likeness (QED) is 0.491. The fraction of sp³-hybridized carbons (Fsp3) is 0.235. The van der Waals surface area contributed by atoms with Crippen LogP contribution in [0.25, 0.3) is 11.2 Å². The Morgan fingerprint density at radius 2 is 2.22 bits per heavy atom. The van der Waals surface area contributed by atoms with E-state index >= 15 is 0 Å². The molecule has 2 aromatic heterocycles. The molecule has 0 bridgehead atoms. The van der Waals surface area contributed by atoms with Crippen LogP contribution in [-0.2, 0) is 17.8 Å². The zero-order valence-electron chi connectivity index (χ0n) is 14.4. The van der Waals surface area contributed by atoms with Crippen molar-refractivity contribution in [1.82, 2.24) is 19.9 Å². The van der Waals surface area contributed by atoms with Crippen molar-refractivity contribution in [3.63, 3.8) is 0 Å². The van der Waals surface area contributed by atoms with E-state index in [9.17, 15) is 14.9 Å². The Morgan fingerprint density at radius 1 is 1.41 bits per heavy atom. The van der Waals surface area contributed by atoms with E-state index in [4.69, 9.17) is 16.3 Å². The van der Waals surface area contributed by atoms with Crippen LogP contribution in [0.2, 0.25) is 5.02 Å². The van der Waals surface area contributed by atoms with Gasteiger partial charge in [0.1, 0.15) is 16.4 Å². The van der Waals surface area contributed by atoms with Crippen molar-refractivity contribution in [3.8, 4) is 0 Å². The topological polar surface area (TPSA) is 112 Å². The molecule has 3 aromatic rings. The second-order valence-electron chi connectivity index (χ2n) is 5.62. The van der Waals surface area contributed by atoms with Gasteiger partial charge >= 0.3 is 0 Å². The van der Waals surface area contributed by atoms with Gasteiger partial charge in [-0.3, -0.25) is 14.9 Å². The summed E-state index contributed by atoms with van der Waals surface area (Å²) in [4.78, 5) is 31.6. The van der Waals surface area contributed by atoms with Crippen LogP contribution in [0.1, 0.15) is 16.2 Å². The summed E-state index contributed by atoms with van der Waals surface area (Å²) in [7, 11) is 1.60. The van der Waals surface area contributed by atoms with Crippen molar-refractivity contribution in [2.45, 2.75) is 13.1 Å². The van der Waals surface area contributed by atoms with Gasteiger partial charge in [0.25, 0.3) is 11.6 Å². The molecule has 0 fully saturated rings. The number of hydrogen-bond acceptors (Lipinski definition) is 6. The first-order valence-corrected chi connectivity index (χ1v) is 8.40. The van der Waals surface area contributed by atoms with Gasteiger partial charge in [-0.05, 0) is 24.3 Å². The monoisotopic (exact) mass is 389 g/mol. The number of nitro benzene ring substituents is 1. The van der Waals surface area contributed by atoms with Crippen molar-refractivity contribution >= 4 is 34.4 Å². The normalized spacial score (nSPS) is 10.9. The van der Waals surface area contributed by atoms with Gasteiger partial charge in [-0.1, -0.05) is 11.6 Å². The zero-order chi connectivity index (χ0) is 19.4. The van der Waals surface area contributed by atoms with Crippen LogP contribution in [0.3, 0.4) is 0 Å². The average Bonchev–Trinajstić information content (AvgIpc) is 3.02. The van der Waals surface area contributed by atoms with E-state index in [1.807, 2.05) is 10.6 Å². The lowest BCUT2D eigenvalue weighted by Gasteiger charge is -2.09. The number of carbonyl (C=O) groups excluding carboxylic acids is 1. The number of methoxy groups -OCH3 is 1. The van der Waals surface area contributed by atoms with Crippen molar-refractivity contribution in [1.29, 1.82) is 0 Å². The molecule has 3 rings (SSSR count). The highest BCUT2D eigenvalue weighted by Crippen LogP contribution is 2.25. The maximum atomic E-state index is 12.4. The van der Waals surface area contributed by atoms with Crippen LogP contribution in [0.15, 0.2) is 36.5 Å². The number of fused-ring (bicyclic) bond motifs is 1. The summed E-state index contributed by atoms with van der Waals surface area (Å²) in [5.41, 5.74) is 1.23. The summed E-state index contributed by atoms with van der Waals surface area (Å²) in [5.74, 6) is 0.144. The molecule has 140 valence electrons. The molecule has 0 atom stereocenters. The molecule has 0 aliphatic rings. The maximum Gasteiger partial charge on any atom is 0.288 e. The van der Waals surface area contributed by atoms with Gasteiger partial charge in [0.2, 0.25) is 0 Å². The fourth-order valence-electron chi connectivity index (χ4n) is 2.61. The van der Waals surface area contributed by atoms with E-state index < -0.39 is 10.8 Å². The number of rotatable bonds is 7. The molecular weight excluding hydrogens is 374 g/mol. The van der Waals surface area contributed by atoms with Gasteiger partial charge in [0.15, 0.2) is 5.65 Å². The summed E-state index contributed by atoms with van der Waals surface area (Å²) in [6.07, 6.45) is 1.67. The molecule has 10 heteroatoms. The molecule has 1 aromatic carbocycles. The molecule has 27 heavy (non-hydrogen) atoms. The summed E-state index contributed by atoms with van der Waals surface area (Å²) in [5, 5.41) is 13.7. The van der Waals surface area contributed by atoms with E-state index in [0.717, 1.165) is 6.07 Å². The third-order valence-electron chi connectivity index (χ3n) is 3.91. The standard InChI is InChI=1S/C17H16ClN5O4/c1-27-8-7-22-15(21-13-3-2-6-19-16(13)22)10-20-17(24)11-4-5-12(18)14(9-11)23(25)26/h2-6,9H,7-8,10H2,1H3,(H,20,24). The lowest BCUT2D eigenvalue weighted by Crippen LogP contribution is -2.25. The van der Waals surface area contributed by atoms with Gasteiger partial charge in [-0.25, -0.2) is 9.97 Å². The molecule has 1 N–H and O–H groups in total. The fourth-order valence-corrected chi connectivity index (χ4v) is 2.80. The van der Waals surface area contributed by atoms with Crippen LogP contribution < -0.4 is 5.32 Å². The summed E-state index contributed by atoms with van der Waals surface area (Å²) >= 11 is 5.78. The van der Waals surface area contributed by atoms with Gasteiger partial charge in [-0.15, -0.1) is 0 Å². The zero-order valence-corrected chi connectivity index (χ0v) is 15.1. The first-order valence-electron chi connectivity index (χ1n) is 8.02. The molecule has 9 nitrogen and oxygen atoms in total. The Balaban J connectivity index is 1.81. The first-order chi connectivity index (χ1) is 13.0. The number of carbonyl (C=O) groups is 1. The average molecular weight is 390 g/mol. The number of nitro groups is 1. The second kappa shape index (κ2) is 8.11. The number of benzene rings is 1. The first kappa shape index (κ1) is 18.7. The molecule has 0 spiro atoms. The van der Waals surface area contributed by atoms with Crippen molar-refractivity contribution < 1.29 is 14.5 Å². The molecule has 0 radical (unpaired) electrons. The lowest BCUT2D eigenvalue weighted by atomic mass is 10.2. The van der Waals surface area contributed by atoms with Gasteiger partial charge < -0.3 is 14.6 Å². The number of nitrogens with one attached hydrogen (secondary N) is 1. The van der Waals surface area contributed by atoms with Gasteiger partial charge in [-0.2, -0.15) is 0 Å². The van der Waals surface area contributed by atoms with Crippen molar-refractivity contribution in [2.75, 3.05) is 13.7 Å². The number of nitrogens with zero attached hydrogens (tertiary/aromatic N) is 4. The van der Waals surface area contributed by atoms with E-state index in [2.05, 4.69) is 15.3 Å². The highest BCUT2D eigenvalue weighted by atomic mass is 35.5. The van der Waals surface area contributed by atoms with Crippen molar-refractivity contribution in [3.05, 3.63) is 63.1 Å². The summed E-state index contributed by atoms with van der Waals surface area (Å²) in [6, 6.07) is 7.52. The summed E-state index contributed by atoms with van der Waals surface area (Å²) < 4.78 is 6.99. The Hall–Kier alpha value is -3.04. The highest BCUT2D eigenvalue weighted by molar-refractivity contribution is 6.32. The molecule has 0 aliphatic heterocycles.